The minimum absolute atomic E-state index is 0.0260. The molecule has 1 saturated heterocycles. The first-order valence-electron chi connectivity index (χ1n) is 5.02. The lowest BCUT2D eigenvalue weighted by Crippen LogP contribution is -2.60. The summed E-state index contributed by atoms with van der Waals surface area (Å²) >= 11 is 6.08. The maximum Gasteiger partial charge on any atom is 0.331 e. The van der Waals surface area contributed by atoms with E-state index in [0.717, 1.165) is 0 Å². The Kier molecular flexibility index (Phi) is 2.26. The zero-order valence-corrected chi connectivity index (χ0v) is 8.64. The minimum Gasteiger partial charge on any atom is -0.458 e. The molecule has 74 valence electrons. The van der Waals surface area contributed by atoms with Crippen molar-refractivity contribution in [3.05, 3.63) is 0 Å². The molecule has 2 atom stereocenters. The van der Waals surface area contributed by atoms with Gasteiger partial charge in [0.2, 0.25) is 0 Å². The topological polar surface area (TPSA) is 26.3 Å². The Labute approximate surface area is 83.6 Å². The Morgan fingerprint density at radius 2 is 2.00 bits per heavy atom. The lowest BCUT2D eigenvalue weighted by molar-refractivity contribution is -0.185. The second-order valence-electron chi connectivity index (χ2n) is 4.30. The summed E-state index contributed by atoms with van der Waals surface area (Å²) < 4.78 is 5.12. The zero-order chi connectivity index (χ0) is 9.47. The van der Waals surface area contributed by atoms with Crippen molar-refractivity contribution in [1.82, 2.24) is 0 Å². The fourth-order valence-electron chi connectivity index (χ4n) is 2.38. The van der Waals surface area contributed by atoms with Gasteiger partial charge in [-0.15, -0.1) is 11.6 Å². The Hall–Kier alpha value is -0.240. The molecule has 1 saturated carbocycles. The highest BCUT2D eigenvalue weighted by Gasteiger charge is 2.56. The lowest BCUT2D eigenvalue weighted by Gasteiger charge is -2.45. The van der Waals surface area contributed by atoms with Crippen LogP contribution in [0.5, 0.6) is 0 Å². The van der Waals surface area contributed by atoms with Crippen LogP contribution in [0.25, 0.3) is 0 Å². The van der Waals surface area contributed by atoms with Crippen molar-refractivity contribution in [3.8, 4) is 0 Å². The van der Waals surface area contributed by atoms with E-state index in [1.165, 1.54) is 32.1 Å². The third-order valence-electron chi connectivity index (χ3n) is 3.25. The van der Waals surface area contributed by atoms with Crippen molar-refractivity contribution in [3.63, 3.8) is 0 Å². The molecule has 2 fully saturated rings. The number of carbonyl (C=O) groups excluding carboxylic acids is 1. The standard InChI is InChI=1S/C10H15ClO2/c1-10(11)8(13-9(10)12)7-5-3-2-4-6-7/h7-8H,2-6H2,1H3/t8-,10+/m0/s1. The van der Waals surface area contributed by atoms with E-state index < -0.39 is 4.87 Å². The van der Waals surface area contributed by atoms with Crippen molar-refractivity contribution in [1.29, 1.82) is 0 Å². The number of hydrogen-bond donors (Lipinski definition) is 0. The molecular weight excluding hydrogens is 188 g/mol. The van der Waals surface area contributed by atoms with Crippen LogP contribution in [0, 0.1) is 5.92 Å². The molecule has 1 aliphatic heterocycles. The zero-order valence-electron chi connectivity index (χ0n) is 7.88. The molecule has 0 spiro atoms. The summed E-state index contributed by atoms with van der Waals surface area (Å²) in [5.41, 5.74) is 0. The number of esters is 1. The molecule has 1 heterocycles. The third kappa shape index (κ3) is 1.45. The summed E-state index contributed by atoms with van der Waals surface area (Å²) in [6.07, 6.45) is 6.13. The summed E-state index contributed by atoms with van der Waals surface area (Å²) in [6, 6.07) is 0. The van der Waals surface area contributed by atoms with Crippen LogP contribution in [-0.4, -0.2) is 16.9 Å². The average Bonchev–Trinajstić information content (AvgIpc) is 2.15. The fraction of sp³-hybridized carbons (Fsp3) is 0.900. The molecule has 2 nitrogen and oxygen atoms in total. The summed E-state index contributed by atoms with van der Waals surface area (Å²) in [7, 11) is 0. The Morgan fingerprint density at radius 1 is 1.38 bits per heavy atom. The van der Waals surface area contributed by atoms with Crippen LogP contribution in [0.1, 0.15) is 39.0 Å². The molecule has 2 aliphatic rings. The van der Waals surface area contributed by atoms with Gasteiger partial charge >= 0.3 is 5.97 Å². The molecule has 0 unspecified atom stereocenters. The van der Waals surface area contributed by atoms with Gasteiger partial charge in [0.15, 0.2) is 4.87 Å². The van der Waals surface area contributed by atoms with Crippen LogP contribution in [0.4, 0.5) is 0 Å². The molecule has 0 amide bonds. The van der Waals surface area contributed by atoms with Gasteiger partial charge in [-0.05, 0) is 25.7 Å². The van der Waals surface area contributed by atoms with E-state index in [1.54, 1.807) is 6.92 Å². The predicted molar refractivity (Wildman–Crippen MR) is 50.7 cm³/mol. The van der Waals surface area contributed by atoms with Crippen molar-refractivity contribution in [2.45, 2.75) is 50.0 Å². The second-order valence-corrected chi connectivity index (χ2v) is 5.08. The van der Waals surface area contributed by atoms with Gasteiger partial charge in [-0.1, -0.05) is 19.3 Å². The molecule has 0 aromatic rings. The largest absolute Gasteiger partial charge is 0.458 e. The highest BCUT2D eigenvalue weighted by Crippen LogP contribution is 2.43. The summed E-state index contributed by atoms with van der Waals surface area (Å²) in [4.78, 5) is 10.3. The molecule has 0 radical (unpaired) electrons. The monoisotopic (exact) mass is 202 g/mol. The first-order chi connectivity index (χ1) is 6.12. The number of rotatable bonds is 1. The third-order valence-corrected chi connectivity index (χ3v) is 3.61. The number of alkyl halides is 1. The van der Waals surface area contributed by atoms with Crippen molar-refractivity contribution in [2.75, 3.05) is 0 Å². The summed E-state index contributed by atoms with van der Waals surface area (Å²) in [5, 5.41) is 0. The Bertz CT molecular complexity index is 219. The van der Waals surface area contributed by atoms with Crippen LogP contribution in [0.2, 0.25) is 0 Å². The van der Waals surface area contributed by atoms with Crippen molar-refractivity contribution in [2.24, 2.45) is 5.92 Å². The SMILES string of the molecule is C[C@]1(Cl)C(=O)O[C@H]1C1CCCCC1. The molecule has 3 heteroatoms. The van der Waals surface area contributed by atoms with Gasteiger partial charge in [0, 0.05) is 0 Å². The van der Waals surface area contributed by atoms with Gasteiger partial charge in [0.1, 0.15) is 6.10 Å². The molecular formula is C10H15ClO2. The molecule has 2 rings (SSSR count). The average molecular weight is 203 g/mol. The predicted octanol–water partition coefficient (Wildman–Crippen LogP) is 2.49. The lowest BCUT2D eigenvalue weighted by atomic mass is 9.78. The molecule has 13 heavy (non-hydrogen) atoms. The molecule has 0 N–H and O–H groups in total. The van der Waals surface area contributed by atoms with Crippen LogP contribution in [-0.2, 0) is 9.53 Å². The quantitative estimate of drug-likeness (QED) is 0.483. The highest BCUT2D eigenvalue weighted by atomic mass is 35.5. The van der Waals surface area contributed by atoms with Crippen molar-refractivity contribution < 1.29 is 9.53 Å². The number of halogens is 1. The van der Waals surface area contributed by atoms with E-state index in [-0.39, 0.29) is 12.1 Å². The van der Waals surface area contributed by atoms with E-state index in [1.807, 2.05) is 0 Å². The van der Waals surface area contributed by atoms with Crippen LogP contribution < -0.4 is 0 Å². The fourth-order valence-corrected chi connectivity index (χ4v) is 2.64. The van der Waals surface area contributed by atoms with Gasteiger partial charge in [0.25, 0.3) is 0 Å². The van der Waals surface area contributed by atoms with Crippen LogP contribution >= 0.6 is 11.6 Å². The van der Waals surface area contributed by atoms with Gasteiger partial charge in [-0.3, -0.25) is 0 Å². The van der Waals surface area contributed by atoms with Crippen molar-refractivity contribution >= 4 is 17.6 Å². The Balaban J connectivity index is 1.98. The van der Waals surface area contributed by atoms with E-state index in [9.17, 15) is 4.79 Å². The van der Waals surface area contributed by atoms with E-state index in [4.69, 9.17) is 16.3 Å². The normalized spacial score (nSPS) is 41.1. The maximum atomic E-state index is 11.1. The van der Waals surface area contributed by atoms with Crippen LogP contribution in [0.15, 0.2) is 0 Å². The van der Waals surface area contributed by atoms with Gasteiger partial charge < -0.3 is 4.74 Å². The van der Waals surface area contributed by atoms with E-state index in [0.29, 0.717) is 5.92 Å². The number of ether oxygens (including phenoxy) is 1. The van der Waals surface area contributed by atoms with Gasteiger partial charge in [-0.25, -0.2) is 4.79 Å². The van der Waals surface area contributed by atoms with Gasteiger partial charge in [0.05, 0.1) is 0 Å². The summed E-state index contributed by atoms with van der Waals surface area (Å²) in [5.74, 6) is 0.263. The molecule has 0 aromatic carbocycles. The molecule has 0 bridgehead atoms. The minimum atomic E-state index is -0.734. The van der Waals surface area contributed by atoms with E-state index in [2.05, 4.69) is 0 Å². The highest BCUT2D eigenvalue weighted by molar-refractivity contribution is 6.36. The molecule has 0 aromatic heterocycles. The van der Waals surface area contributed by atoms with Gasteiger partial charge in [-0.2, -0.15) is 0 Å². The number of hydrogen-bond acceptors (Lipinski definition) is 2. The Morgan fingerprint density at radius 3 is 2.46 bits per heavy atom. The van der Waals surface area contributed by atoms with Crippen LogP contribution in [0.3, 0.4) is 0 Å². The summed E-state index contributed by atoms with van der Waals surface area (Å²) in [6.45, 7) is 1.78. The maximum absolute atomic E-state index is 11.1. The second kappa shape index (κ2) is 3.16. The number of carbonyl (C=O) groups is 1. The van der Waals surface area contributed by atoms with E-state index >= 15 is 0 Å². The first kappa shape index (κ1) is 9.32. The number of cyclic esters (lactones) is 1. The first-order valence-corrected chi connectivity index (χ1v) is 5.40. The smallest absolute Gasteiger partial charge is 0.331 e. The molecule has 1 aliphatic carbocycles.